The van der Waals surface area contributed by atoms with Crippen LogP contribution < -0.4 is 15.4 Å². The fourth-order valence-electron chi connectivity index (χ4n) is 3.47. The van der Waals surface area contributed by atoms with Crippen molar-refractivity contribution in [3.8, 4) is 11.6 Å². The van der Waals surface area contributed by atoms with E-state index < -0.39 is 24.0 Å². The highest BCUT2D eigenvalue weighted by Gasteiger charge is 2.35. The van der Waals surface area contributed by atoms with Gasteiger partial charge in [-0.15, -0.1) is 0 Å². The summed E-state index contributed by atoms with van der Waals surface area (Å²) in [5.74, 6) is 0.424. The fraction of sp³-hybridized carbons (Fsp3) is 0.320. The Balaban J connectivity index is 1.40. The van der Waals surface area contributed by atoms with E-state index >= 15 is 0 Å². The molecule has 206 valence electrons. The number of ether oxygens (including phenoxy) is 2. The van der Waals surface area contributed by atoms with Crippen molar-refractivity contribution in [2.75, 3.05) is 11.9 Å². The molecule has 0 spiro atoms. The van der Waals surface area contributed by atoms with Crippen molar-refractivity contribution in [2.24, 2.45) is 12.5 Å². The molecular weight excluding hydrogens is 519 g/mol. The zero-order chi connectivity index (χ0) is 28.4. The number of rotatable bonds is 6. The molecule has 2 amide bonds. The van der Waals surface area contributed by atoms with Crippen LogP contribution in [-0.4, -0.2) is 43.0 Å². The monoisotopic (exact) mass is 545 g/mol. The van der Waals surface area contributed by atoms with E-state index in [2.05, 4.69) is 25.7 Å². The summed E-state index contributed by atoms with van der Waals surface area (Å²) in [5, 5.41) is 9.33. The average molecular weight is 546 g/mol. The largest absolute Gasteiger partial charge is 0.449 e. The molecule has 0 radical (unpaired) electrons. The van der Waals surface area contributed by atoms with Crippen molar-refractivity contribution in [3.05, 3.63) is 60.3 Å². The number of alkyl carbamates (subject to hydrolysis) is 1. The van der Waals surface area contributed by atoms with E-state index in [0.29, 0.717) is 27.0 Å². The van der Waals surface area contributed by atoms with E-state index in [0.717, 1.165) is 13.1 Å². The van der Waals surface area contributed by atoms with Crippen LogP contribution in [0.5, 0.6) is 11.6 Å². The van der Waals surface area contributed by atoms with Crippen molar-refractivity contribution < 1.29 is 32.2 Å². The van der Waals surface area contributed by atoms with E-state index in [9.17, 15) is 22.8 Å². The molecule has 0 saturated heterocycles. The lowest BCUT2D eigenvalue weighted by atomic mass is 9.99. The minimum atomic E-state index is -4.60. The highest BCUT2D eigenvalue weighted by atomic mass is 19.4. The molecular formula is C25H26F3N7O4. The number of amides is 2. The molecule has 0 aliphatic heterocycles. The summed E-state index contributed by atoms with van der Waals surface area (Å²) in [6.45, 7) is 6.24. The number of carbonyl (C=O) groups excluding carboxylic acids is 2. The summed E-state index contributed by atoms with van der Waals surface area (Å²) in [6, 6.07) is 8.20. The molecule has 1 aromatic carbocycles. The minimum absolute atomic E-state index is 0.111. The summed E-state index contributed by atoms with van der Waals surface area (Å²) >= 11 is 0. The van der Waals surface area contributed by atoms with Crippen LogP contribution in [0, 0.1) is 5.41 Å². The van der Waals surface area contributed by atoms with E-state index in [1.165, 1.54) is 17.1 Å². The second-order valence-electron chi connectivity index (χ2n) is 9.81. The van der Waals surface area contributed by atoms with Gasteiger partial charge in [0.1, 0.15) is 17.8 Å². The van der Waals surface area contributed by atoms with Crippen molar-refractivity contribution >= 4 is 28.8 Å². The number of aryl methyl sites for hydroxylation is 1. The van der Waals surface area contributed by atoms with Crippen LogP contribution in [0.1, 0.15) is 32.2 Å². The predicted octanol–water partition coefficient (Wildman–Crippen LogP) is 5.33. The number of hydrogen-bond acceptors (Lipinski definition) is 7. The van der Waals surface area contributed by atoms with Gasteiger partial charge in [0.15, 0.2) is 5.82 Å². The van der Waals surface area contributed by atoms with Crippen LogP contribution in [0.15, 0.2) is 48.9 Å². The van der Waals surface area contributed by atoms with Crippen molar-refractivity contribution in [1.82, 2.24) is 29.6 Å². The first-order chi connectivity index (χ1) is 18.3. The van der Waals surface area contributed by atoms with Crippen LogP contribution in [0.25, 0.3) is 10.9 Å². The molecule has 4 aromatic rings. The fourth-order valence-corrected chi connectivity index (χ4v) is 3.47. The Morgan fingerprint density at radius 3 is 2.51 bits per heavy atom. The Labute approximate surface area is 220 Å². The highest BCUT2D eigenvalue weighted by Crippen LogP contribution is 2.31. The first kappa shape index (κ1) is 27.4. The standard InChI is InChI=1S/C25H26F3N7O4/c1-24(2,3)13-38-23(37)29-12-16-10-21(31-14-30-16)39-17-5-6-18-15(9-17)7-8-35(18)22(36)32-20-11-19(25(26,27)28)34(4)33-20/h5-11,14H,12-13H2,1-4H3,(H,29,37)(H,32,33,36). The third-order valence-corrected chi connectivity index (χ3v) is 5.26. The Bertz CT molecular complexity index is 1510. The Hall–Kier alpha value is -4.62. The molecule has 3 heterocycles. The van der Waals surface area contributed by atoms with Gasteiger partial charge in [-0.05, 0) is 29.7 Å². The second-order valence-corrected chi connectivity index (χ2v) is 9.81. The number of fused-ring (bicyclic) bond motifs is 1. The molecule has 0 atom stereocenters. The van der Waals surface area contributed by atoms with Gasteiger partial charge in [-0.3, -0.25) is 14.6 Å². The SMILES string of the molecule is Cn1nc(NC(=O)n2ccc3cc(Oc4cc(CNC(=O)OCC(C)(C)C)ncn4)ccc32)cc1C(F)(F)F. The molecule has 11 nitrogen and oxygen atoms in total. The number of alkyl halides is 3. The number of hydrogen-bond donors (Lipinski definition) is 2. The highest BCUT2D eigenvalue weighted by molar-refractivity contribution is 5.98. The summed E-state index contributed by atoms with van der Waals surface area (Å²) in [4.78, 5) is 32.8. The van der Waals surface area contributed by atoms with Crippen LogP contribution in [-0.2, 0) is 24.5 Å². The summed E-state index contributed by atoms with van der Waals surface area (Å²) in [6.07, 6.45) is -2.38. The lowest BCUT2D eigenvalue weighted by Gasteiger charge is -2.17. The van der Waals surface area contributed by atoms with E-state index in [1.807, 2.05) is 20.8 Å². The summed E-state index contributed by atoms with van der Waals surface area (Å²) in [7, 11) is 1.14. The molecule has 0 aliphatic carbocycles. The maximum absolute atomic E-state index is 13.0. The number of anilines is 1. The third kappa shape index (κ3) is 7.03. The van der Waals surface area contributed by atoms with E-state index in [4.69, 9.17) is 9.47 Å². The van der Waals surface area contributed by atoms with E-state index in [-0.39, 0.29) is 30.3 Å². The number of benzene rings is 1. The lowest BCUT2D eigenvalue weighted by molar-refractivity contribution is -0.143. The third-order valence-electron chi connectivity index (χ3n) is 5.26. The van der Waals surface area contributed by atoms with Gasteiger partial charge in [-0.25, -0.2) is 19.6 Å². The topological polar surface area (TPSA) is 125 Å². The smallest absolute Gasteiger partial charge is 0.433 e. The van der Waals surface area contributed by atoms with Gasteiger partial charge < -0.3 is 14.8 Å². The number of nitrogens with one attached hydrogen (secondary N) is 2. The molecule has 2 N–H and O–H groups in total. The molecule has 0 unspecified atom stereocenters. The first-order valence-electron chi connectivity index (χ1n) is 11.7. The van der Waals surface area contributed by atoms with Gasteiger partial charge in [0.05, 0.1) is 24.4 Å². The maximum atomic E-state index is 13.0. The van der Waals surface area contributed by atoms with Crippen LogP contribution in [0.3, 0.4) is 0 Å². The lowest BCUT2D eigenvalue weighted by Crippen LogP contribution is -2.28. The zero-order valence-corrected chi connectivity index (χ0v) is 21.5. The Morgan fingerprint density at radius 1 is 1.05 bits per heavy atom. The zero-order valence-electron chi connectivity index (χ0n) is 21.5. The number of carbonyl (C=O) groups is 2. The quantitative estimate of drug-likeness (QED) is 0.336. The number of nitrogens with zero attached hydrogens (tertiary/aromatic N) is 5. The van der Waals surface area contributed by atoms with Crippen molar-refractivity contribution in [3.63, 3.8) is 0 Å². The Kier molecular flexibility index (Phi) is 7.47. The predicted molar refractivity (Wildman–Crippen MR) is 134 cm³/mol. The van der Waals surface area contributed by atoms with Crippen LogP contribution >= 0.6 is 0 Å². The second kappa shape index (κ2) is 10.6. The minimum Gasteiger partial charge on any atom is -0.449 e. The number of halogens is 3. The van der Waals surface area contributed by atoms with Gasteiger partial charge in [0, 0.05) is 30.8 Å². The van der Waals surface area contributed by atoms with Crippen molar-refractivity contribution in [2.45, 2.75) is 33.5 Å². The van der Waals surface area contributed by atoms with Gasteiger partial charge in [0.25, 0.3) is 0 Å². The van der Waals surface area contributed by atoms with Gasteiger partial charge in [-0.2, -0.15) is 18.3 Å². The van der Waals surface area contributed by atoms with Gasteiger partial charge >= 0.3 is 18.3 Å². The molecule has 4 rings (SSSR count). The Morgan fingerprint density at radius 2 is 1.82 bits per heavy atom. The molecule has 0 bridgehead atoms. The first-order valence-corrected chi connectivity index (χ1v) is 11.7. The molecule has 14 heteroatoms. The van der Waals surface area contributed by atoms with Crippen molar-refractivity contribution in [1.29, 1.82) is 0 Å². The molecule has 0 fully saturated rings. The molecule has 0 saturated carbocycles. The summed E-state index contributed by atoms with van der Waals surface area (Å²) in [5.41, 5.74) is -0.145. The molecule has 39 heavy (non-hydrogen) atoms. The molecule has 3 aromatic heterocycles. The molecule has 0 aliphatic rings. The van der Waals surface area contributed by atoms with Gasteiger partial charge in [0.2, 0.25) is 5.88 Å². The average Bonchev–Trinajstić information content (AvgIpc) is 3.44. The van der Waals surface area contributed by atoms with Crippen LogP contribution in [0.4, 0.5) is 28.6 Å². The summed E-state index contributed by atoms with van der Waals surface area (Å²) < 4.78 is 51.9. The van der Waals surface area contributed by atoms with Gasteiger partial charge in [-0.1, -0.05) is 20.8 Å². The van der Waals surface area contributed by atoms with E-state index in [1.54, 1.807) is 30.3 Å². The number of aromatic nitrogens is 5. The van der Waals surface area contributed by atoms with Crippen LogP contribution in [0.2, 0.25) is 0 Å². The maximum Gasteiger partial charge on any atom is 0.433 e. The normalized spacial score (nSPS) is 11.9.